The Morgan fingerprint density at radius 3 is 2.93 bits per heavy atom. The van der Waals surface area contributed by atoms with Crippen molar-refractivity contribution < 1.29 is 0 Å². The van der Waals surface area contributed by atoms with Crippen LogP contribution in [0.3, 0.4) is 0 Å². The van der Waals surface area contributed by atoms with Crippen molar-refractivity contribution in [3.05, 3.63) is 41.1 Å². The van der Waals surface area contributed by atoms with E-state index in [1.54, 1.807) is 0 Å². The fourth-order valence-corrected chi connectivity index (χ4v) is 2.23. The lowest BCUT2D eigenvalue weighted by Crippen LogP contribution is -2.04. The Morgan fingerprint density at radius 1 is 1.33 bits per heavy atom. The Balaban J connectivity index is 2.24. The van der Waals surface area contributed by atoms with E-state index in [1.807, 2.05) is 24.3 Å². The lowest BCUT2D eigenvalue weighted by molar-refractivity contribution is 0.857. The molecule has 0 amide bonds. The molecule has 5 nitrogen and oxygen atoms in total. The minimum Gasteiger partial charge on any atom is -0.244 e. The molecule has 0 unspecified atom stereocenters. The molecule has 0 aliphatic rings. The Kier molecular flexibility index (Phi) is 1.69. The van der Waals surface area contributed by atoms with Crippen molar-refractivity contribution in [2.45, 2.75) is 0 Å². The maximum Gasteiger partial charge on any atom is 0.361 e. The molecule has 0 aliphatic carbocycles. The van der Waals surface area contributed by atoms with Gasteiger partial charge in [0.25, 0.3) is 0 Å². The SMILES string of the molecule is O=c1ncn(-c2nc3ccccc3s2)[nH]1. The molecule has 0 aliphatic heterocycles. The van der Waals surface area contributed by atoms with Gasteiger partial charge in [-0.05, 0) is 12.1 Å². The summed E-state index contributed by atoms with van der Waals surface area (Å²) in [4.78, 5) is 18.8. The monoisotopic (exact) mass is 218 g/mol. The largest absolute Gasteiger partial charge is 0.361 e. The van der Waals surface area contributed by atoms with Crippen molar-refractivity contribution in [1.82, 2.24) is 19.7 Å². The first-order valence-corrected chi connectivity index (χ1v) is 5.14. The summed E-state index contributed by atoms with van der Waals surface area (Å²) in [7, 11) is 0. The smallest absolute Gasteiger partial charge is 0.244 e. The summed E-state index contributed by atoms with van der Waals surface area (Å²) in [6, 6.07) is 7.82. The van der Waals surface area contributed by atoms with Crippen LogP contribution < -0.4 is 5.69 Å². The molecule has 15 heavy (non-hydrogen) atoms. The zero-order valence-corrected chi connectivity index (χ0v) is 8.36. The number of H-pyrrole nitrogens is 1. The molecule has 3 aromatic rings. The average Bonchev–Trinajstić information content (AvgIpc) is 2.82. The van der Waals surface area contributed by atoms with E-state index in [9.17, 15) is 4.79 Å². The highest BCUT2D eigenvalue weighted by Crippen LogP contribution is 2.23. The van der Waals surface area contributed by atoms with E-state index >= 15 is 0 Å². The minimum absolute atomic E-state index is 0.366. The molecule has 0 atom stereocenters. The molecule has 3 rings (SSSR count). The third kappa shape index (κ3) is 1.35. The van der Waals surface area contributed by atoms with Crippen molar-refractivity contribution in [2.24, 2.45) is 0 Å². The topological polar surface area (TPSA) is 63.6 Å². The first-order valence-electron chi connectivity index (χ1n) is 4.32. The Hall–Kier alpha value is -1.95. The number of fused-ring (bicyclic) bond motifs is 1. The molecule has 0 saturated heterocycles. The summed E-state index contributed by atoms with van der Waals surface area (Å²) in [5.74, 6) is 0. The van der Waals surface area contributed by atoms with Gasteiger partial charge in [-0.25, -0.2) is 19.6 Å². The minimum atomic E-state index is -0.366. The van der Waals surface area contributed by atoms with Gasteiger partial charge < -0.3 is 0 Å². The molecular formula is C9H6N4OS. The number of benzene rings is 1. The standard InChI is InChI=1S/C9H6N4OS/c14-8-10-5-13(12-8)9-11-6-3-1-2-4-7(6)15-9/h1-5H,(H,12,14). The van der Waals surface area contributed by atoms with E-state index in [4.69, 9.17) is 0 Å². The second-order valence-electron chi connectivity index (χ2n) is 3.00. The molecule has 0 fully saturated rings. The first-order chi connectivity index (χ1) is 7.33. The summed E-state index contributed by atoms with van der Waals surface area (Å²) in [6.45, 7) is 0. The second kappa shape index (κ2) is 3.03. The fraction of sp³-hybridized carbons (Fsp3) is 0. The van der Waals surface area contributed by atoms with E-state index in [2.05, 4.69) is 15.1 Å². The molecule has 0 bridgehead atoms. The Bertz CT molecular complexity index is 633. The van der Waals surface area contributed by atoms with Crippen LogP contribution in [0.15, 0.2) is 35.4 Å². The molecule has 0 spiro atoms. The normalized spacial score (nSPS) is 10.9. The number of rotatable bonds is 1. The van der Waals surface area contributed by atoms with Crippen LogP contribution in [0.2, 0.25) is 0 Å². The molecule has 1 N–H and O–H groups in total. The lowest BCUT2D eigenvalue weighted by atomic mass is 10.3. The van der Waals surface area contributed by atoms with Gasteiger partial charge in [-0.15, -0.1) is 0 Å². The van der Waals surface area contributed by atoms with Gasteiger partial charge in [-0.1, -0.05) is 23.5 Å². The number of hydrogen-bond acceptors (Lipinski definition) is 4. The van der Waals surface area contributed by atoms with Crippen LogP contribution in [0.25, 0.3) is 15.3 Å². The lowest BCUT2D eigenvalue weighted by Gasteiger charge is -1.90. The van der Waals surface area contributed by atoms with Crippen LogP contribution in [0.4, 0.5) is 0 Å². The number of thiazole rings is 1. The number of aromatic amines is 1. The molecule has 1 aromatic carbocycles. The average molecular weight is 218 g/mol. The van der Waals surface area contributed by atoms with Crippen LogP contribution in [0.1, 0.15) is 0 Å². The third-order valence-electron chi connectivity index (χ3n) is 2.00. The summed E-state index contributed by atoms with van der Waals surface area (Å²) < 4.78 is 2.61. The van der Waals surface area contributed by atoms with Gasteiger partial charge in [0.1, 0.15) is 6.33 Å². The zero-order chi connectivity index (χ0) is 10.3. The fourth-order valence-electron chi connectivity index (χ4n) is 1.33. The van der Waals surface area contributed by atoms with Gasteiger partial charge in [0, 0.05) is 0 Å². The van der Waals surface area contributed by atoms with Gasteiger partial charge in [0.2, 0.25) is 5.13 Å². The highest BCUT2D eigenvalue weighted by Gasteiger charge is 2.04. The van der Waals surface area contributed by atoms with Gasteiger partial charge in [-0.3, -0.25) is 0 Å². The second-order valence-corrected chi connectivity index (χ2v) is 4.00. The van der Waals surface area contributed by atoms with Crippen molar-refractivity contribution in [2.75, 3.05) is 0 Å². The summed E-state index contributed by atoms with van der Waals surface area (Å²) >= 11 is 1.51. The summed E-state index contributed by atoms with van der Waals surface area (Å²) in [6.07, 6.45) is 1.43. The Labute approximate surface area is 88.0 Å². The van der Waals surface area contributed by atoms with Crippen LogP contribution in [-0.4, -0.2) is 19.7 Å². The predicted octanol–water partition coefficient (Wildman–Crippen LogP) is 1.17. The number of nitrogens with zero attached hydrogens (tertiary/aromatic N) is 3. The number of hydrogen-bond donors (Lipinski definition) is 1. The molecule has 2 aromatic heterocycles. The van der Waals surface area contributed by atoms with E-state index in [-0.39, 0.29) is 5.69 Å². The summed E-state index contributed by atoms with van der Waals surface area (Å²) in [5, 5.41) is 3.26. The third-order valence-corrected chi connectivity index (χ3v) is 3.03. The van der Waals surface area contributed by atoms with Gasteiger partial charge in [0.05, 0.1) is 10.2 Å². The maximum atomic E-state index is 10.9. The molecule has 0 saturated carbocycles. The molecular weight excluding hydrogens is 212 g/mol. The van der Waals surface area contributed by atoms with Crippen LogP contribution in [0.5, 0.6) is 0 Å². The molecule has 6 heteroatoms. The zero-order valence-electron chi connectivity index (χ0n) is 7.54. The van der Waals surface area contributed by atoms with Gasteiger partial charge in [0.15, 0.2) is 0 Å². The van der Waals surface area contributed by atoms with Crippen LogP contribution >= 0.6 is 11.3 Å². The highest BCUT2D eigenvalue weighted by molar-refractivity contribution is 7.20. The van der Waals surface area contributed by atoms with Crippen molar-refractivity contribution >= 4 is 21.6 Å². The van der Waals surface area contributed by atoms with E-state index < -0.39 is 0 Å². The number of aromatic nitrogens is 4. The highest BCUT2D eigenvalue weighted by atomic mass is 32.1. The summed E-state index contributed by atoms with van der Waals surface area (Å²) in [5.41, 5.74) is 0.557. The van der Waals surface area contributed by atoms with Crippen LogP contribution in [0, 0.1) is 0 Å². The van der Waals surface area contributed by atoms with E-state index in [1.165, 1.54) is 22.3 Å². The van der Waals surface area contributed by atoms with Gasteiger partial charge >= 0.3 is 5.69 Å². The first kappa shape index (κ1) is 8.37. The number of nitrogens with one attached hydrogen (secondary N) is 1. The van der Waals surface area contributed by atoms with E-state index in [0.29, 0.717) is 5.13 Å². The van der Waals surface area contributed by atoms with Crippen molar-refractivity contribution in [1.29, 1.82) is 0 Å². The maximum absolute atomic E-state index is 10.9. The van der Waals surface area contributed by atoms with Gasteiger partial charge in [-0.2, -0.15) is 4.98 Å². The molecule has 74 valence electrons. The van der Waals surface area contributed by atoms with Crippen LogP contribution in [-0.2, 0) is 0 Å². The van der Waals surface area contributed by atoms with Crippen molar-refractivity contribution in [3.63, 3.8) is 0 Å². The Morgan fingerprint density at radius 2 is 2.20 bits per heavy atom. The molecule has 2 heterocycles. The quantitative estimate of drug-likeness (QED) is 0.666. The molecule has 0 radical (unpaired) electrons. The van der Waals surface area contributed by atoms with E-state index in [0.717, 1.165) is 10.2 Å². The predicted molar refractivity (Wildman–Crippen MR) is 57.4 cm³/mol. The van der Waals surface area contributed by atoms with Crippen molar-refractivity contribution in [3.8, 4) is 5.13 Å². The number of para-hydroxylation sites is 1.